The Hall–Kier alpha value is -3.44. The van der Waals surface area contributed by atoms with Crippen molar-refractivity contribution in [2.24, 2.45) is 0 Å². The van der Waals surface area contributed by atoms with Crippen molar-refractivity contribution in [3.63, 3.8) is 0 Å². The molecule has 4 N–H and O–H groups in total. The van der Waals surface area contributed by atoms with Crippen molar-refractivity contribution in [2.45, 2.75) is 30.9 Å². The number of carbonyl (C=O) groups is 4. The molecule has 4 rings (SSSR count). The van der Waals surface area contributed by atoms with Crippen LogP contribution in [0.2, 0.25) is 5.02 Å². The topological polar surface area (TPSA) is 137 Å². The zero-order chi connectivity index (χ0) is 26.6. The van der Waals surface area contributed by atoms with E-state index in [-0.39, 0.29) is 12.5 Å². The summed E-state index contributed by atoms with van der Waals surface area (Å²) in [6.45, 7) is 0.608. The third-order valence-electron chi connectivity index (χ3n) is 6.38. The molecule has 1 saturated heterocycles. The second kappa shape index (κ2) is 11.3. The number of carboxylic acid groups (broad SMARTS) is 1. The quantitative estimate of drug-likeness (QED) is 0.405. The highest BCUT2D eigenvalue weighted by molar-refractivity contribution is 7.98. The predicted molar refractivity (Wildman–Crippen MR) is 141 cm³/mol. The molecule has 0 radical (unpaired) electrons. The van der Waals surface area contributed by atoms with Crippen LogP contribution in [0, 0.1) is 0 Å². The first kappa shape index (κ1) is 26.6. The summed E-state index contributed by atoms with van der Waals surface area (Å²) in [5.41, 5.74) is 0.913. The molecule has 2 aliphatic rings. The summed E-state index contributed by atoms with van der Waals surface area (Å²) in [4.78, 5) is 51.4. The zero-order valence-corrected chi connectivity index (χ0v) is 21.7. The van der Waals surface area contributed by atoms with Gasteiger partial charge in [0.2, 0.25) is 5.91 Å². The molecule has 0 aliphatic carbocycles. The SMILES string of the molecule is CSCC[C@H](NC(=O)c1ccc(NC(=O)O)cc1)C(=O)N1CCC[C@@]2(C1)OC(=O)Nc1ccc(Cl)cc12. The van der Waals surface area contributed by atoms with Gasteiger partial charge in [-0.1, -0.05) is 11.6 Å². The molecule has 0 saturated carbocycles. The highest BCUT2D eigenvalue weighted by Crippen LogP contribution is 2.43. The number of nitrogens with zero attached hydrogens (tertiary/aromatic N) is 1. The average Bonchev–Trinajstić information content (AvgIpc) is 2.86. The van der Waals surface area contributed by atoms with Crippen LogP contribution in [0.25, 0.3) is 0 Å². The van der Waals surface area contributed by atoms with Crippen LogP contribution in [0.1, 0.15) is 35.2 Å². The van der Waals surface area contributed by atoms with Gasteiger partial charge < -0.3 is 20.1 Å². The first-order chi connectivity index (χ1) is 17.7. The first-order valence-electron chi connectivity index (χ1n) is 11.7. The molecule has 4 amide bonds. The lowest BCUT2D eigenvalue weighted by atomic mass is 9.83. The van der Waals surface area contributed by atoms with Gasteiger partial charge in [0.05, 0.1) is 12.2 Å². The molecule has 37 heavy (non-hydrogen) atoms. The normalized spacial score (nSPS) is 19.3. The minimum atomic E-state index is -1.21. The highest BCUT2D eigenvalue weighted by Gasteiger charge is 2.47. The van der Waals surface area contributed by atoms with Gasteiger partial charge in [0.25, 0.3) is 5.91 Å². The lowest BCUT2D eigenvalue weighted by Crippen LogP contribution is -2.57. The highest BCUT2D eigenvalue weighted by atomic mass is 35.5. The lowest BCUT2D eigenvalue weighted by molar-refractivity contribution is -0.141. The van der Waals surface area contributed by atoms with E-state index in [0.717, 1.165) is 5.56 Å². The number of hydrogen-bond acceptors (Lipinski definition) is 6. The van der Waals surface area contributed by atoms with Crippen molar-refractivity contribution in [3.8, 4) is 0 Å². The Morgan fingerprint density at radius 3 is 2.70 bits per heavy atom. The molecular formula is C25H27ClN4O6S. The fourth-order valence-corrected chi connectivity index (χ4v) is 5.31. The molecule has 1 spiro atoms. The van der Waals surface area contributed by atoms with Gasteiger partial charge >= 0.3 is 12.2 Å². The number of benzene rings is 2. The Bertz CT molecular complexity index is 1210. The van der Waals surface area contributed by atoms with E-state index in [1.54, 1.807) is 34.9 Å². The smallest absolute Gasteiger partial charge is 0.412 e. The van der Waals surface area contributed by atoms with Gasteiger partial charge in [-0.2, -0.15) is 11.8 Å². The van der Waals surface area contributed by atoms with Crippen molar-refractivity contribution in [1.82, 2.24) is 10.2 Å². The monoisotopic (exact) mass is 546 g/mol. The van der Waals surface area contributed by atoms with Crippen LogP contribution < -0.4 is 16.0 Å². The second-order valence-corrected chi connectivity index (χ2v) is 10.3. The molecule has 2 aromatic carbocycles. The second-order valence-electron chi connectivity index (χ2n) is 8.88. The van der Waals surface area contributed by atoms with Gasteiger partial charge in [0.15, 0.2) is 5.60 Å². The van der Waals surface area contributed by atoms with Crippen LogP contribution in [0.5, 0.6) is 0 Å². The molecule has 2 atom stereocenters. The number of amides is 4. The first-order valence-corrected chi connectivity index (χ1v) is 13.5. The molecule has 196 valence electrons. The minimum absolute atomic E-state index is 0.147. The van der Waals surface area contributed by atoms with E-state index in [1.807, 2.05) is 6.26 Å². The van der Waals surface area contributed by atoms with E-state index in [2.05, 4.69) is 16.0 Å². The van der Waals surface area contributed by atoms with Crippen LogP contribution in [0.15, 0.2) is 42.5 Å². The Kier molecular flexibility index (Phi) is 8.13. The summed E-state index contributed by atoms with van der Waals surface area (Å²) >= 11 is 7.80. The number of thioether (sulfide) groups is 1. The number of likely N-dealkylation sites (tertiary alicyclic amines) is 1. The minimum Gasteiger partial charge on any atom is -0.465 e. The molecule has 2 heterocycles. The van der Waals surface area contributed by atoms with Crippen molar-refractivity contribution in [3.05, 3.63) is 58.6 Å². The van der Waals surface area contributed by atoms with E-state index >= 15 is 0 Å². The molecule has 1 fully saturated rings. The molecule has 10 nitrogen and oxygen atoms in total. The Morgan fingerprint density at radius 1 is 1.24 bits per heavy atom. The number of anilines is 2. The van der Waals surface area contributed by atoms with E-state index < -0.39 is 29.7 Å². The van der Waals surface area contributed by atoms with Crippen LogP contribution >= 0.6 is 23.4 Å². The Labute approximate surface area is 223 Å². The summed E-state index contributed by atoms with van der Waals surface area (Å²) in [6.07, 6.45) is 1.68. The fraction of sp³-hybridized carbons (Fsp3) is 0.360. The summed E-state index contributed by atoms with van der Waals surface area (Å²) < 4.78 is 5.78. The maximum Gasteiger partial charge on any atom is 0.412 e. The average molecular weight is 547 g/mol. The van der Waals surface area contributed by atoms with Gasteiger partial charge in [-0.15, -0.1) is 0 Å². The number of piperidine rings is 1. The number of halogens is 1. The van der Waals surface area contributed by atoms with Gasteiger partial charge in [-0.25, -0.2) is 9.59 Å². The van der Waals surface area contributed by atoms with Crippen LogP contribution in [-0.2, 0) is 15.1 Å². The fourth-order valence-electron chi connectivity index (χ4n) is 4.67. The van der Waals surface area contributed by atoms with E-state index in [9.17, 15) is 19.2 Å². The Morgan fingerprint density at radius 2 is 2.00 bits per heavy atom. The number of fused-ring (bicyclic) bond motifs is 2. The molecule has 0 bridgehead atoms. The van der Waals surface area contributed by atoms with Crippen LogP contribution in [-0.4, -0.2) is 65.1 Å². The van der Waals surface area contributed by atoms with Crippen LogP contribution in [0.4, 0.5) is 21.0 Å². The predicted octanol–water partition coefficient (Wildman–Crippen LogP) is 4.36. The van der Waals surface area contributed by atoms with E-state index in [4.69, 9.17) is 21.4 Å². The Balaban J connectivity index is 1.53. The maximum absolute atomic E-state index is 13.7. The number of nitrogens with one attached hydrogen (secondary N) is 3. The summed E-state index contributed by atoms with van der Waals surface area (Å²) in [5, 5.41) is 17.1. The molecule has 0 unspecified atom stereocenters. The van der Waals surface area contributed by atoms with E-state index in [1.165, 1.54) is 24.3 Å². The van der Waals surface area contributed by atoms with Gasteiger partial charge in [0.1, 0.15) is 6.04 Å². The summed E-state index contributed by atoms with van der Waals surface area (Å²) in [5.74, 6) is -0.0589. The van der Waals surface area contributed by atoms with Crippen molar-refractivity contribution in [1.29, 1.82) is 0 Å². The number of hydrogen-bond donors (Lipinski definition) is 4. The van der Waals surface area contributed by atoms with Crippen molar-refractivity contribution < 1.29 is 29.0 Å². The number of rotatable bonds is 7. The van der Waals surface area contributed by atoms with Crippen molar-refractivity contribution >= 4 is 58.7 Å². The standard InChI is InChI=1S/C25H27ClN4O6S/c1-37-12-9-20(28-21(31)15-3-6-17(7-4-15)27-23(33)34)22(32)30-11-2-10-25(14-30)18-13-16(26)5-8-19(18)29-24(35)36-25/h3-8,13,20,27H,2,9-12,14H2,1H3,(H,28,31)(H,29,35)(H,33,34)/t20-,25-/m0/s1. The van der Waals surface area contributed by atoms with Crippen LogP contribution in [0.3, 0.4) is 0 Å². The third-order valence-corrected chi connectivity index (χ3v) is 7.26. The van der Waals surface area contributed by atoms with E-state index in [0.29, 0.717) is 53.5 Å². The summed E-state index contributed by atoms with van der Waals surface area (Å²) in [7, 11) is 0. The maximum atomic E-state index is 13.7. The molecule has 2 aromatic rings. The number of ether oxygens (including phenoxy) is 1. The molecular weight excluding hydrogens is 520 g/mol. The third kappa shape index (κ3) is 6.11. The molecule has 0 aromatic heterocycles. The largest absolute Gasteiger partial charge is 0.465 e. The summed E-state index contributed by atoms with van der Waals surface area (Å²) in [6, 6.07) is 10.3. The zero-order valence-electron chi connectivity index (χ0n) is 20.1. The van der Waals surface area contributed by atoms with Crippen molar-refractivity contribution in [2.75, 3.05) is 35.7 Å². The lowest BCUT2D eigenvalue weighted by Gasteiger charge is -2.45. The molecule has 12 heteroatoms. The number of carbonyl (C=O) groups excluding carboxylic acids is 3. The molecule has 2 aliphatic heterocycles. The van der Waals surface area contributed by atoms with Gasteiger partial charge in [-0.05, 0) is 73.7 Å². The van der Waals surface area contributed by atoms with Gasteiger partial charge in [-0.3, -0.25) is 20.2 Å². The van der Waals surface area contributed by atoms with Gasteiger partial charge in [0, 0.05) is 28.4 Å².